The molecule has 1 saturated carbocycles. The van der Waals surface area contributed by atoms with Crippen molar-refractivity contribution in [3.05, 3.63) is 47.7 Å². The fourth-order valence-corrected chi connectivity index (χ4v) is 4.58. The zero-order valence-corrected chi connectivity index (χ0v) is 15.8. The van der Waals surface area contributed by atoms with Crippen molar-refractivity contribution < 1.29 is 18.7 Å². The molecule has 1 aliphatic heterocycles. The number of ketones is 2. The van der Waals surface area contributed by atoms with E-state index in [1.54, 1.807) is 6.26 Å². The van der Waals surface area contributed by atoms with Crippen molar-refractivity contribution in [3.63, 3.8) is 0 Å². The number of benzene rings is 2. The van der Waals surface area contributed by atoms with Crippen LogP contribution in [0.15, 0.2) is 41.0 Å². The first-order valence-corrected chi connectivity index (χ1v) is 9.97. The second-order valence-electron chi connectivity index (χ2n) is 7.80. The number of carbonyl (C=O) groups is 2. The standard InChI is InChI=1S/C23H23NO4/c25-16-4-5-18(21(26)12-16)20-14-28-22-7-6-17-15(2-1-3-19(17)23(20)22)13-24-8-10-27-11-9-24/h1-3,6-7,14,18H,4-5,8-13H2/t18-/m0/s1. The normalized spacial score (nSPS) is 21.6. The third-order valence-electron chi connectivity index (χ3n) is 6.06. The number of hydrogen-bond acceptors (Lipinski definition) is 5. The molecule has 28 heavy (non-hydrogen) atoms. The summed E-state index contributed by atoms with van der Waals surface area (Å²) in [7, 11) is 0. The molecule has 144 valence electrons. The maximum atomic E-state index is 12.5. The minimum absolute atomic E-state index is 0.0143. The molecule has 0 N–H and O–H groups in total. The van der Waals surface area contributed by atoms with Gasteiger partial charge in [0.1, 0.15) is 17.1 Å². The van der Waals surface area contributed by atoms with Gasteiger partial charge in [0.15, 0.2) is 0 Å². The molecular weight excluding hydrogens is 354 g/mol. The largest absolute Gasteiger partial charge is 0.464 e. The first-order valence-electron chi connectivity index (χ1n) is 9.97. The van der Waals surface area contributed by atoms with Crippen molar-refractivity contribution in [2.75, 3.05) is 26.3 Å². The molecule has 2 heterocycles. The molecule has 1 atom stereocenters. The second-order valence-corrected chi connectivity index (χ2v) is 7.80. The molecule has 0 radical (unpaired) electrons. The lowest BCUT2D eigenvalue weighted by atomic mass is 9.81. The van der Waals surface area contributed by atoms with Crippen LogP contribution in [0.2, 0.25) is 0 Å². The van der Waals surface area contributed by atoms with E-state index in [-0.39, 0.29) is 23.9 Å². The molecule has 1 aromatic heterocycles. The zero-order valence-electron chi connectivity index (χ0n) is 15.8. The van der Waals surface area contributed by atoms with Gasteiger partial charge in [-0.05, 0) is 28.8 Å². The first-order chi connectivity index (χ1) is 13.7. The molecule has 3 aromatic rings. The van der Waals surface area contributed by atoms with Crippen molar-refractivity contribution in [2.45, 2.75) is 31.7 Å². The molecule has 0 spiro atoms. The van der Waals surface area contributed by atoms with Gasteiger partial charge in [-0.1, -0.05) is 24.3 Å². The number of furan rings is 1. The minimum Gasteiger partial charge on any atom is -0.464 e. The number of fused-ring (bicyclic) bond motifs is 3. The van der Waals surface area contributed by atoms with Crippen molar-refractivity contribution in [2.24, 2.45) is 0 Å². The van der Waals surface area contributed by atoms with Crippen molar-refractivity contribution >= 4 is 33.3 Å². The van der Waals surface area contributed by atoms with Gasteiger partial charge < -0.3 is 9.15 Å². The molecule has 2 fully saturated rings. The maximum absolute atomic E-state index is 12.5. The Morgan fingerprint density at radius 3 is 2.71 bits per heavy atom. The van der Waals surface area contributed by atoms with Gasteiger partial charge in [0.25, 0.3) is 0 Å². The topological polar surface area (TPSA) is 59.8 Å². The average Bonchev–Trinajstić information content (AvgIpc) is 3.13. The van der Waals surface area contributed by atoms with Gasteiger partial charge in [-0.15, -0.1) is 0 Å². The van der Waals surface area contributed by atoms with E-state index in [9.17, 15) is 9.59 Å². The second kappa shape index (κ2) is 7.15. The van der Waals surface area contributed by atoms with Crippen LogP contribution in [0, 0.1) is 0 Å². The molecule has 0 unspecified atom stereocenters. The lowest BCUT2D eigenvalue weighted by Crippen LogP contribution is -2.35. The fraction of sp³-hybridized carbons (Fsp3) is 0.391. The van der Waals surface area contributed by atoms with E-state index in [2.05, 4.69) is 29.2 Å². The summed E-state index contributed by atoms with van der Waals surface area (Å²) in [6, 6.07) is 10.5. The predicted molar refractivity (Wildman–Crippen MR) is 106 cm³/mol. The average molecular weight is 377 g/mol. The summed E-state index contributed by atoms with van der Waals surface area (Å²) in [6.45, 7) is 4.34. The Bertz CT molecular complexity index is 1060. The zero-order chi connectivity index (χ0) is 19.1. The number of morpholine rings is 1. The van der Waals surface area contributed by atoms with Crippen LogP contribution in [-0.4, -0.2) is 42.8 Å². The van der Waals surface area contributed by atoms with Crippen LogP contribution >= 0.6 is 0 Å². The summed E-state index contributed by atoms with van der Waals surface area (Å²) >= 11 is 0. The molecule has 1 saturated heterocycles. The van der Waals surface area contributed by atoms with Gasteiger partial charge in [0, 0.05) is 42.9 Å². The Hall–Kier alpha value is -2.50. The van der Waals surface area contributed by atoms with Crippen LogP contribution in [0.3, 0.4) is 0 Å². The summed E-state index contributed by atoms with van der Waals surface area (Å²) in [4.78, 5) is 26.6. The molecule has 5 nitrogen and oxygen atoms in total. The van der Waals surface area contributed by atoms with Gasteiger partial charge in [0.2, 0.25) is 0 Å². The fourth-order valence-electron chi connectivity index (χ4n) is 4.58. The van der Waals surface area contributed by atoms with E-state index in [0.717, 1.165) is 54.8 Å². The Labute approximate surface area is 163 Å². The number of carbonyl (C=O) groups excluding carboxylic acids is 2. The molecule has 0 amide bonds. The van der Waals surface area contributed by atoms with Gasteiger partial charge in [-0.3, -0.25) is 14.5 Å². The van der Waals surface area contributed by atoms with Crippen LogP contribution in [0.5, 0.6) is 0 Å². The van der Waals surface area contributed by atoms with Gasteiger partial charge in [-0.25, -0.2) is 0 Å². The lowest BCUT2D eigenvalue weighted by molar-refractivity contribution is -0.130. The summed E-state index contributed by atoms with van der Waals surface area (Å²) in [5.41, 5.74) is 3.01. The highest BCUT2D eigenvalue weighted by Crippen LogP contribution is 2.39. The van der Waals surface area contributed by atoms with E-state index < -0.39 is 0 Å². The summed E-state index contributed by atoms with van der Waals surface area (Å²) < 4.78 is 11.3. The third-order valence-corrected chi connectivity index (χ3v) is 6.06. The molecule has 0 bridgehead atoms. The van der Waals surface area contributed by atoms with Crippen LogP contribution < -0.4 is 0 Å². The van der Waals surface area contributed by atoms with Gasteiger partial charge in [0.05, 0.1) is 25.9 Å². The molecule has 5 rings (SSSR count). The smallest absolute Gasteiger partial charge is 0.147 e. The van der Waals surface area contributed by atoms with Crippen LogP contribution in [0.4, 0.5) is 0 Å². The summed E-state index contributed by atoms with van der Waals surface area (Å²) in [5.74, 6) is -0.181. The Balaban J connectivity index is 1.59. The molecule has 2 aliphatic rings. The Morgan fingerprint density at radius 1 is 1.04 bits per heavy atom. The van der Waals surface area contributed by atoms with E-state index in [4.69, 9.17) is 9.15 Å². The minimum atomic E-state index is -0.243. The predicted octanol–water partition coefficient (Wildman–Crippen LogP) is 3.82. The summed E-state index contributed by atoms with van der Waals surface area (Å²) in [6.07, 6.45) is 2.81. The van der Waals surface area contributed by atoms with Gasteiger partial charge in [-0.2, -0.15) is 0 Å². The number of nitrogens with zero attached hydrogens (tertiary/aromatic N) is 1. The van der Waals surface area contributed by atoms with Crippen LogP contribution in [0.25, 0.3) is 21.7 Å². The van der Waals surface area contributed by atoms with Crippen molar-refractivity contribution in [1.82, 2.24) is 4.90 Å². The molecule has 1 aliphatic carbocycles. The molecule has 2 aromatic carbocycles. The lowest BCUT2D eigenvalue weighted by Gasteiger charge is -2.27. The van der Waals surface area contributed by atoms with Crippen molar-refractivity contribution in [3.8, 4) is 0 Å². The number of Topliss-reactive ketones (excluding diaryl/α,β-unsaturated/α-hetero) is 2. The highest BCUT2D eigenvalue weighted by molar-refractivity contribution is 6.12. The number of rotatable bonds is 3. The SMILES string of the molecule is O=C1CC[C@@H](c2coc3ccc4c(CN5CCOCC5)cccc4c23)C(=O)C1. The quantitative estimate of drug-likeness (QED) is 0.650. The van der Waals surface area contributed by atoms with Crippen molar-refractivity contribution in [1.29, 1.82) is 0 Å². The highest BCUT2D eigenvalue weighted by atomic mass is 16.5. The highest BCUT2D eigenvalue weighted by Gasteiger charge is 2.31. The van der Waals surface area contributed by atoms with E-state index in [0.29, 0.717) is 12.8 Å². The van der Waals surface area contributed by atoms with Crippen LogP contribution in [0.1, 0.15) is 36.3 Å². The van der Waals surface area contributed by atoms with Gasteiger partial charge >= 0.3 is 0 Å². The van der Waals surface area contributed by atoms with Crippen LogP contribution in [-0.2, 0) is 20.9 Å². The Kier molecular flexibility index (Phi) is 4.49. The maximum Gasteiger partial charge on any atom is 0.147 e. The summed E-state index contributed by atoms with van der Waals surface area (Å²) in [5, 5.41) is 3.34. The molecule has 5 heteroatoms. The number of hydrogen-bond donors (Lipinski definition) is 0. The van der Waals surface area contributed by atoms with E-state index >= 15 is 0 Å². The third kappa shape index (κ3) is 3.05. The van der Waals surface area contributed by atoms with E-state index in [1.165, 1.54) is 10.9 Å². The monoisotopic (exact) mass is 377 g/mol. The number of ether oxygens (including phenoxy) is 1. The molecular formula is C23H23NO4. The Morgan fingerprint density at radius 2 is 1.89 bits per heavy atom. The van der Waals surface area contributed by atoms with E-state index in [1.807, 2.05) is 6.07 Å². The first kappa shape index (κ1) is 17.6.